The van der Waals surface area contributed by atoms with Crippen molar-refractivity contribution in [3.8, 4) is 0 Å². The fourth-order valence-corrected chi connectivity index (χ4v) is 4.73. The van der Waals surface area contributed by atoms with E-state index in [-0.39, 0.29) is 36.3 Å². The van der Waals surface area contributed by atoms with Gasteiger partial charge in [-0.15, -0.1) is 0 Å². The molecule has 1 aliphatic carbocycles. The van der Waals surface area contributed by atoms with Crippen LogP contribution in [0, 0.1) is 11.7 Å². The lowest BCUT2D eigenvalue weighted by Crippen LogP contribution is -2.38. The molecule has 1 aromatic heterocycles. The summed E-state index contributed by atoms with van der Waals surface area (Å²) in [7, 11) is 0. The fraction of sp³-hybridized carbons (Fsp3) is 0.423. The lowest BCUT2D eigenvalue weighted by Gasteiger charge is -2.33. The number of alkyl halides is 4. The highest BCUT2D eigenvalue weighted by atomic mass is 19.3. The predicted molar refractivity (Wildman–Crippen MR) is 126 cm³/mol. The molecule has 1 saturated carbocycles. The number of nitrogens with one attached hydrogen (secondary N) is 2. The molecule has 1 heterocycles. The van der Waals surface area contributed by atoms with Crippen LogP contribution in [0.2, 0.25) is 0 Å². The largest absolute Gasteiger partial charge is 0.481 e. The van der Waals surface area contributed by atoms with Gasteiger partial charge < -0.3 is 20.1 Å². The fourth-order valence-electron chi connectivity index (χ4n) is 4.73. The van der Waals surface area contributed by atoms with E-state index in [4.69, 9.17) is 4.74 Å². The van der Waals surface area contributed by atoms with Gasteiger partial charge in [-0.2, -0.15) is 0 Å². The molecular formula is C26H26F5N3O4. The second kappa shape index (κ2) is 11.4. The van der Waals surface area contributed by atoms with E-state index in [2.05, 4.69) is 15.3 Å². The Hall–Kier alpha value is -3.70. The number of H-pyrrole nitrogens is 1. The minimum Gasteiger partial charge on any atom is -0.481 e. The number of hydrogen-bond acceptors (Lipinski definition) is 4. The van der Waals surface area contributed by atoms with Crippen LogP contribution in [0.5, 0.6) is 0 Å². The van der Waals surface area contributed by atoms with Gasteiger partial charge in [0.2, 0.25) is 12.3 Å². The summed E-state index contributed by atoms with van der Waals surface area (Å²) in [6.07, 6.45) is -5.58. The standard InChI is InChI=1S/C26H26F5N3O4/c27-19(28)12-17(24(35)36)16-6-7-18-22(20(16)29)33-23(32-18)21(15-8-10-26(30,31)11-9-15)34-25(37)38-13-14-4-2-1-3-5-14/h1-7,15,17,19,21H,8-13H2,(H,32,33)(H,34,37)(H,35,36). The first-order valence-corrected chi connectivity index (χ1v) is 12.1. The van der Waals surface area contributed by atoms with Crippen molar-refractivity contribution in [2.24, 2.45) is 5.92 Å². The van der Waals surface area contributed by atoms with Crippen LogP contribution in [0.4, 0.5) is 26.7 Å². The van der Waals surface area contributed by atoms with Crippen LogP contribution >= 0.6 is 0 Å². The zero-order chi connectivity index (χ0) is 27.4. The minimum atomic E-state index is -2.97. The number of carbonyl (C=O) groups is 2. The maximum Gasteiger partial charge on any atom is 0.408 e. The van der Waals surface area contributed by atoms with Crippen LogP contribution in [0.15, 0.2) is 42.5 Å². The number of carboxylic acids is 1. The van der Waals surface area contributed by atoms with Gasteiger partial charge in [-0.3, -0.25) is 4.79 Å². The number of rotatable bonds is 9. The van der Waals surface area contributed by atoms with Crippen LogP contribution in [0.1, 0.15) is 61.0 Å². The molecule has 0 aliphatic heterocycles. The molecule has 1 aliphatic rings. The lowest BCUT2D eigenvalue weighted by molar-refractivity contribution is -0.140. The first-order valence-electron chi connectivity index (χ1n) is 12.1. The Morgan fingerprint density at radius 3 is 2.45 bits per heavy atom. The summed E-state index contributed by atoms with van der Waals surface area (Å²) >= 11 is 0. The Kier molecular flexibility index (Phi) is 8.17. The third kappa shape index (κ3) is 6.40. The van der Waals surface area contributed by atoms with Crippen LogP contribution in [-0.4, -0.2) is 39.5 Å². The quantitative estimate of drug-likeness (QED) is 0.276. The van der Waals surface area contributed by atoms with Gasteiger partial charge in [-0.05, 0) is 30.4 Å². The monoisotopic (exact) mass is 539 g/mol. The number of carbonyl (C=O) groups excluding carboxylic acids is 1. The zero-order valence-electron chi connectivity index (χ0n) is 20.1. The van der Waals surface area contributed by atoms with Crippen molar-refractivity contribution in [3.63, 3.8) is 0 Å². The Labute approximate surface area is 214 Å². The SMILES string of the molecule is O=C(NC(c1nc2c(F)c(C(CC(F)F)C(=O)O)ccc2[nH]1)C1CCC(F)(F)CC1)OCc1ccccc1. The molecule has 3 N–H and O–H groups in total. The molecule has 4 rings (SSSR count). The van der Waals surface area contributed by atoms with Crippen molar-refractivity contribution in [3.05, 3.63) is 65.2 Å². The van der Waals surface area contributed by atoms with Crippen molar-refractivity contribution in [2.45, 2.75) is 63.0 Å². The third-order valence-corrected chi connectivity index (χ3v) is 6.74. The minimum absolute atomic E-state index is 0.0407. The summed E-state index contributed by atoms with van der Waals surface area (Å²) in [6, 6.07) is 10.3. The molecule has 0 radical (unpaired) electrons. The van der Waals surface area contributed by atoms with E-state index in [0.717, 1.165) is 11.6 Å². The molecule has 0 spiro atoms. The molecule has 2 unspecified atom stereocenters. The number of halogens is 5. The van der Waals surface area contributed by atoms with Crippen LogP contribution < -0.4 is 5.32 Å². The maximum atomic E-state index is 15.3. The van der Waals surface area contributed by atoms with Crippen LogP contribution in [-0.2, 0) is 16.1 Å². The Bertz CT molecular complexity index is 1270. The van der Waals surface area contributed by atoms with E-state index >= 15 is 4.39 Å². The van der Waals surface area contributed by atoms with Gasteiger partial charge in [0.1, 0.15) is 17.9 Å². The van der Waals surface area contributed by atoms with E-state index in [1.54, 1.807) is 30.3 Å². The Morgan fingerprint density at radius 2 is 1.82 bits per heavy atom. The summed E-state index contributed by atoms with van der Waals surface area (Å²) in [5, 5.41) is 12.0. The first-order chi connectivity index (χ1) is 18.0. The Morgan fingerprint density at radius 1 is 1.13 bits per heavy atom. The number of aromatic nitrogens is 2. The van der Waals surface area contributed by atoms with E-state index in [1.165, 1.54) is 6.07 Å². The Balaban J connectivity index is 1.62. The first kappa shape index (κ1) is 27.3. The molecule has 1 fully saturated rings. The average molecular weight is 540 g/mol. The number of alkyl carbamates (subject to hydrolysis) is 1. The van der Waals surface area contributed by atoms with Crippen molar-refractivity contribution >= 4 is 23.1 Å². The molecule has 38 heavy (non-hydrogen) atoms. The van der Waals surface area contributed by atoms with Gasteiger partial charge in [0.05, 0.1) is 17.5 Å². The molecule has 2 atom stereocenters. The smallest absolute Gasteiger partial charge is 0.408 e. The molecule has 3 aromatic rings. The number of imidazole rings is 1. The number of aromatic amines is 1. The van der Waals surface area contributed by atoms with Gasteiger partial charge in [0.25, 0.3) is 0 Å². The normalized spacial score (nSPS) is 17.3. The highest BCUT2D eigenvalue weighted by Crippen LogP contribution is 2.41. The van der Waals surface area contributed by atoms with Gasteiger partial charge >= 0.3 is 12.1 Å². The summed E-state index contributed by atoms with van der Waals surface area (Å²) in [4.78, 5) is 31.2. The number of nitrogens with zero attached hydrogens (tertiary/aromatic N) is 1. The highest BCUT2D eigenvalue weighted by molar-refractivity contribution is 5.82. The van der Waals surface area contributed by atoms with E-state index < -0.39 is 72.9 Å². The van der Waals surface area contributed by atoms with Crippen molar-refractivity contribution in [2.75, 3.05) is 0 Å². The van der Waals surface area contributed by atoms with E-state index in [9.17, 15) is 32.3 Å². The molecule has 204 valence electrons. The lowest BCUT2D eigenvalue weighted by atomic mass is 9.82. The second-order valence-electron chi connectivity index (χ2n) is 9.38. The summed E-state index contributed by atoms with van der Waals surface area (Å²) in [5.41, 5.74) is 0.107. The number of ether oxygens (including phenoxy) is 1. The van der Waals surface area contributed by atoms with Gasteiger partial charge in [-0.25, -0.2) is 31.7 Å². The van der Waals surface area contributed by atoms with Gasteiger partial charge in [0.15, 0.2) is 5.82 Å². The van der Waals surface area contributed by atoms with Crippen molar-refractivity contribution in [1.82, 2.24) is 15.3 Å². The second-order valence-corrected chi connectivity index (χ2v) is 9.38. The highest BCUT2D eigenvalue weighted by Gasteiger charge is 2.40. The van der Waals surface area contributed by atoms with E-state index in [0.29, 0.717) is 0 Å². The number of carboxylic acid groups (broad SMARTS) is 1. The average Bonchev–Trinajstić information content (AvgIpc) is 3.31. The summed E-state index contributed by atoms with van der Waals surface area (Å²) in [5.74, 6) is -7.74. The predicted octanol–water partition coefficient (Wildman–Crippen LogP) is 6.32. The molecule has 1 amide bonds. The summed E-state index contributed by atoms with van der Waals surface area (Å²) < 4.78 is 74.1. The maximum absolute atomic E-state index is 15.3. The summed E-state index contributed by atoms with van der Waals surface area (Å²) in [6.45, 7) is -0.0407. The topological polar surface area (TPSA) is 104 Å². The molecule has 12 heteroatoms. The number of hydrogen-bond donors (Lipinski definition) is 3. The number of benzene rings is 2. The molecular weight excluding hydrogens is 513 g/mol. The van der Waals surface area contributed by atoms with E-state index in [1.807, 2.05) is 0 Å². The molecule has 0 saturated heterocycles. The molecule has 2 aromatic carbocycles. The van der Waals surface area contributed by atoms with Crippen LogP contribution in [0.3, 0.4) is 0 Å². The van der Waals surface area contributed by atoms with Gasteiger partial charge in [0, 0.05) is 24.8 Å². The molecule has 7 nitrogen and oxygen atoms in total. The number of aliphatic carboxylic acids is 1. The van der Waals surface area contributed by atoms with Crippen LogP contribution in [0.25, 0.3) is 11.0 Å². The number of amides is 1. The number of fused-ring (bicyclic) bond motifs is 1. The van der Waals surface area contributed by atoms with Crippen molar-refractivity contribution < 1.29 is 41.4 Å². The van der Waals surface area contributed by atoms with Crippen molar-refractivity contribution in [1.29, 1.82) is 0 Å². The van der Waals surface area contributed by atoms with Gasteiger partial charge in [-0.1, -0.05) is 36.4 Å². The zero-order valence-corrected chi connectivity index (χ0v) is 20.1. The third-order valence-electron chi connectivity index (χ3n) is 6.74. The molecule has 0 bridgehead atoms.